The van der Waals surface area contributed by atoms with E-state index in [0.29, 0.717) is 11.1 Å². The fourth-order valence-electron chi connectivity index (χ4n) is 2.69. The summed E-state index contributed by atoms with van der Waals surface area (Å²) in [7, 11) is 1.72. The van der Waals surface area contributed by atoms with Gasteiger partial charge in [0.1, 0.15) is 15.0 Å². The molecule has 4 nitrogen and oxygen atoms in total. The SMILES string of the molecule is Cc1cccc(C)c1C(=O)C(C(=O)OC(C)C)c1ccccc1.O=P. The van der Waals surface area contributed by atoms with Crippen molar-refractivity contribution in [2.75, 3.05) is 0 Å². The lowest BCUT2D eigenvalue weighted by Gasteiger charge is -2.19. The minimum Gasteiger partial charge on any atom is -0.462 e. The zero-order valence-electron chi connectivity index (χ0n) is 14.9. The molecule has 0 spiro atoms. The average Bonchev–Trinajstić information content (AvgIpc) is 2.57. The first-order valence-electron chi connectivity index (χ1n) is 7.98. The summed E-state index contributed by atoms with van der Waals surface area (Å²) in [4.78, 5) is 25.7. The van der Waals surface area contributed by atoms with E-state index in [1.807, 2.05) is 50.2 Å². The van der Waals surface area contributed by atoms with Crippen LogP contribution in [0, 0.1) is 13.8 Å². The van der Waals surface area contributed by atoms with Gasteiger partial charge in [-0.15, -0.1) is 0 Å². The first kappa shape index (κ1) is 20.7. The molecule has 0 aliphatic rings. The molecule has 0 N–H and O–H groups in total. The standard InChI is InChI=1S/C20H22O3.HOP/c1-13(2)23-20(22)18(16-11-6-5-7-12-16)19(21)17-14(3)9-8-10-15(17)4;1-2/h5-13,18H,1-4H3;2H. The molecular weight excluding hydrogens is 335 g/mol. The van der Waals surface area contributed by atoms with Crippen molar-refractivity contribution < 1.29 is 18.9 Å². The number of ketones is 1. The number of ether oxygens (including phenoxy) is 1. The van der Waals surface area contributed by atoms with Crippen molar-refractivity contribution in [3.05, 3.63) is 70.8 Å². The molecule has 0 heterocycles. The second kappa shape index (κ2) is 9.85. The van der Waals surface area contributed by atoms with Gasteiger partial charge in [-0.2, -0.15) is 0 Å². The summed E-state index contributed by atoms with van der Waals surface area (Å²) in [5.74, 6) is -1.64. The minimum absolute atomic E-state index is 0.211. The van der Waals surface area contributed by atoms with E-state index < -0.39 is 11.9 Å². The van der Waals surface area contributed by atoms with Crippen LogP contribution in [0.1, 0.15) is 46.8 Å². The summed E-state index contributed by atoms with van der Waals surface area (Å²) in [5, 5.41) is 0. The Kier molecular flexibility index (Phi) is 8.17. The topological polar surface area (TPSA) is 60.4 Å². The monoisotopic (exact) mass is 358 g/mol. The number of carbonyl (C=O) groups excluding carboxylic acids is 2. The fraction of sp³-hybridized carbons (Fsp3) is 0.300. The summed E-state index contributed by atoms with van der Waals surface area (Å²) in [5.41, 5.74) is 2.99. The molecule has 25 heavy (non-hydrogen) atoms. The van der Waals surface area contributed by atoms with Crippen LogP contribution in [0.15, 0.2) is 48.5 Å². The Balaban J connectivity index is 0.00000151. The molecule has 0 saturated heterocycles. The first-order chi connectivity index (χ1) is 11.9. The number of carbonyl (C=O) groups is 2. The van der Waals surface area contributed by atoms with Gasteiger partial charge in [-0.3, -0.25) is 14.2 Å². The molecule has 2 aromatic rings. The Bertz CT molecular complexity index is 705. The molecule has 0 saturated carbocycles. The van der Waals surface area contributed by atoms with Crippen molar-refractivity contribution in [2.45, 2.75) is 39.7 Å². The van der Waals surface area contributed by atoms with Crippen LogP contribution in [0.5, 0.6) is 0 Å². The molecule has 0 bridgehead atoms. The molecule has 0 fully saturated rings. The van der Waals surface area contributed by atoms with Crippen molar-refractivity contribution in [3.8, 4) is 0 Å². The molecule has 0 aliphatic heterocycles. The van der Waals surface area contributed by atoms with Crippen molar-refractivity contribution in [2.24, 2.45) is 0 Å². The van der Waals surface area contributed by atoms with Gasteiger partial charge in [0, 0.05) is 5.56 Å². The van der Waals surface area contributed by atoms with E-state index >= 15 is 0 Å². The number of rotatable bonds is 5. The van der Waals surface area contributed by atoms with Gasteiger partial charge in [0.2, 0.25) is 0 Å². The lowest BCUT2D eigenvalue weighted by atomic mass is 9.87. The molecule has 0 radical (unpaired) electrons. The molecule has 0 amide bonds. The molecule has 1 atom stereocenters. The van der Waals surface area contributed by atoms with Crippen LogP contribution in [-0.4, -0.2) is 17.9 Å². The van der Waals surface area contributed by atoms with Gasteiger partial charge in [-0.1, -0.05) is 48.5 Å². The van der Waals surface area contributed by atoms with Crippen LogP contribution in [0.4, 0.5) is 0 Å². The Morgan fingerprint density at radius 3 is 1.88 bits per heavy atom. The Hall–Kier alpha value is -2.32. The summed E-state index contributed by atoms with van der Waals surface area (Å²) in [6, 6.07) is 14.8. The molecule has 0 aromatic heterocycles. The van der Waals surface area contributed by atoms with Crippen molar-refractivity contribution in [1.29, 1.82) is 0 Å². The Morgan fingerprint density at radius 2 is 1.40 bits per heavy atom. The maximum absolute atomic E-state index is 13.1. The lowest BCUT2D eigenvalue weighted by molar-refractivity contribution is -0.147. The van der Waals surface area contributed by atoms with Gasteiger partial charge in [-0.25, -0.2) is 0 Å². The van der Waals surface area contributed by atoms with Crippen LogP contribution < -0.4 is 0 Å². The van der Waals surface area contributed by atoms with E-state index in [4.69, 9.17) is 9.30 Å². The summed E-state index contributed by atoms with van der Waals surface area (Å²) in [6.07, 6.45) is -0.264. The third-order valence-corrected chi connectivity index (χ3v) is 3.71. The normalized spacial score (nSPS) is 11.2. The van der Waals surface area contributed by atoms with Crippen LogP contribution in [-0.2, 0) is 14.1 Å². The maximum Gasteiger partial charge on any atom is 0.321 e. The summed E-state index contributed by atoms with van der Waals surface area (Å²) in [6.45, 7) is 7.33. The van der Waals surface area contributed by atoms with Gasteiger partial charge < -0.3 is 4.74 Å². The van der Waals surface area contributed by atoms with E-state index in [2.05, 4.69) is 0 Å². The molecule has 1 unspecified atom stereocenters. The number of aryl methyl sites for hydroxylation is 2. The largest absolute Gasteiger partial charge is 0.462 e. The van der Waals surface area contributed by atoms with E-state index in [-0.39, 0.29) is 11.9 Å². The second-order valence-electron chi connectivity index (χ2n) is 5.96. The quantitative estimate of drug-likeness (QED) is 0.336. The van der Waals surface area contributed by atoms with Crippen LogP contribution in [0.25, 0.3) is 0 Å². The van der Waals surface area contributed by atoms with E-state index in [9.17, 15) is 9.59 Å². The van der Waals surface area contributed by atoms with Gasteiger partial charge >= 0.3 is 5.97 Å². The summed E-state index contributed by atoms with van der Waals surface area (Å²) >= 11 is 0. The molecular formula is C20H23O4P. The molecule has 0 aliphatic carbocycles. The number of esters is 1. The second-order valence-corrected chi connectivity index (χ2v) is 5.96. The van der Waals surface area contributed by atoms with Crippen LogP contribution >= 0.6 is 9.12 Å². The smallest absolute Gasteiger partial charge is 0.321 e. The van der Waals surface area contributed by atoms with Crippen LogP contribution in [0.2, 0.25) is 0 Å². The fourth-order valence-corrected chi connectivity index (χ4v) is 2.69. The Morgan fingerprint density at radius 1 is 0.880 bits per heavy atom. The van der Waals surface area contributed by atoms with Crippen molar-refractivity contribution in [3.63, 3.8) is 0 Å². The zero-order chi connectivity index (χ0) is 19.0. The van der Waals surface area contributed by atoms with Gasteiger partial charge in [0.25, 0.3) is 0 Å². The highest BCUT2D eigenvalue weighted by Gasteiger charge is 2.32. The third kappa shape index (κ3) is 5.33. The lowest BCUT2D eigenvalue weighted by Crippen LogP contribution is -2.27. The van der Waals surface area contributed by atoms with Crippen molar-refractivity contribution in [1.82, 2.24) is 0 Å². The van der Waals surface area contributed by atoms with Gasteiger partial charge in [-0.05, 0) is 44.4 Å². The van der Waals surface area contributed by atoms with Gasteiger partial charge in [0.15, 0.2) is 5.78 Å². The predicted molar refractivity (Wildman–Crippen MR) is 99.7 cm³/mol. The Labute approximate surface area is 150 Å². The zero-order valence-corrected chi connectivity index (χ0v) is 15.9. The minimum atomic E-state index is -0.932. The molecule has 2 aromatic carbocycles. The summed E-state index contributed by atoms with van der Waals surface area (Å²) < 4.78 is 13.4. The van der Waals surface area contributed by atoms with E-state index in [1.54, 1.807) is 35.1 Å². The van der Waals surface area contributed by atoms with Crippen molar-refractivity contribution >= 4 is 20.9 Å². The highest BCUT2D eigenvalue weighted by atomic mass is 31.0. The molecule has 132 valence electrons. The highest BCUT2D eigenvalue weighted by Crippen LogP contribution is 2.26. The first-order valence-corrected chi connectivity index (χ1v) is 8.39. The van der Waals surface area contributed by atoms with E-state index in [1.165, 1.54) is 0 Å². The highest BCUT2D eigenvalue weighted by molar-refractivity contribution is 7.00. The van der Waals surface area contributed by atoms with Crippen LogP contribution in [0.3, 0.4) is 0 Å². The van der Waals surface area contributed by atoms with E-state index in [0.717, 1.165) is 11.1 Å². The molecule has 2 rings (SSSR count). The number of hydrogen-bond acceptors (Lipinski definition) is 4. The third-order valence-electron chi connectivity index (χ3n) is 3.71. The number of benzene rings is 2. The maximum atomic E-state index is 13.1. The molecule has 5 heteroatoms. The average molecular weight is 358 g/mol. The van der Waals surface area contributed by atoms with Gasteiger partial charge in [0.05, 0.1) is 6.10 Å². The predicted octanol–water partition coefficient (Wildman–Crippen LogP) is 4.70. The number of hydrogen-bond donors (Lipinski definition) is 0. The number of Topliss-reactive ketones (excluding diaryl/α,β-unsaturated/α-hetero) is 1.